The second kappa shape index (κ2) is 14.5. The van der Waals surface area contributed by atoms with E-state index in [2.05, 4.69) is 30.8 Å². The third kappa shape index (κ3) is 8.97. The zero-order valence-corrected chi connectivity index (χ0v) is 27.3. The first-order valence-corrected chi connectivity index (χ1v) is 16.9. The van der Waals surface area contributed by atoms with E-state index in [9.17, 15) is 26.4 Å². The molecule has 2 heterocycles. The lowest BCUT2D eigenvalue weighted by atomic mass is 9.90. The molecule has 4 rings (SSSR count). The summed E-state index contributed by atoms with van der Waals surface area (Å²) in [6.07, 6.45) is 0.144. The highest BCUT2D eigenvalue weighted by Gasteiger charge is 2.39. The molecule has 3 N–H and O–H groups in total. The first kappa shape index (κ1) is 34.7. The number of aromatic nitrogens is 2. The monoisotopic (exact) mass is 655 g/mol. The van der Waals surface area contributed by atoms with Crippen molar-refractivity contribution in [3.63, 3.8) is 0 Å². The zero-order valence-electron chi connectivity index (χ0n) is 26.4. The van der Waals surface area contributed by atoms with Crippen molar-refractivity contribution >= 4 is 33.4 Å². The number of sulfonamides is 1. The fourth-order valence-electron chi connectivity index (χ4n) is 5.87. The highest BCUT2D eigenvalue weighted by molar-refractivity contribution is 7.89. The Bertz CT molecular complexity index is 1430. The number of likely N-dealkylation sites (N-methyl/N-ethyl adjacent to an activating group) is 1. The Labute approximate surface area is 263 Å². The fraction of sp³-hybridized carbons (Fsp3) is 0.633. The summed E-state index contributed by atoms with van der Waals surface area (Å²) >= 11 is 0. The Balaban J connectivity index is 1.56. The fourth-order valence-corrected chi connectivity index (χ4v) is 7.62. The molecule has 2 atom stereocenters. The van der Waals surface area contributed by atoms with Gasteiger partial charge in [0.15, 0.2) is 0 Å². The van der Waals surface area contributed by atoms with Gasteiger partial charge in [-0.1, -0.05) is 26.7 Å². The number of amides is 1. The molecule has 0 spiro atoms. The smallest absolute Gasteiger partial charge is 0.421 e. The molecule has 45 heavy (non-hydrogen) atoms. The molecule has 1 aliphatic carbocycles. The van der Waals surface area contributed by atoms with Crippen LogP contribution in [-0.4, -0.2) is 91.7 Å². The summed E-state index contributed by atoms with van der Waals surface area (Å²) in [7, 11) is 1.34. The zero-order chi connectivity index (χ0) is 32.9. The standard InChI is InChI=1S/C30H44F3N7O4S/c1-19(2)18-45(42,43)40(4)25-9-7-6-8-23(25)36-27-22(30(31,32)33)17-34-29(38-27)37-24-11-10-20(16-26(24)44-5)28(41)35-21-12-14-39(3)15-13-21/h10-11,16-17,19,21,23,25H,6-9,12-15,18H2,1-5H3,(H,35,41)(H2,34,36,37,38)/t23-,25-/m1/s1. The van der Waals surface area contributed by atoms with Crippen LogP contribution in [0.25, 0.3) is 0 Å². The van der Waals surface area contributed by atoms with E-state index in [4.69, 9.17) is 4.74 Å². The van der Waals surface area contributed by atoms with Crippen LogP contribution in [0.5, 0.6) is 5.75 Å². The molecule has 0 unspecified atom stereocenters. The van der Waals surface area contributed by atoms with Gasteiger partial charge in [-0.2, -0.15) is 22.5 Å². The minimum absolute atomic E-state index is 0.0530. The van der Waals surface area contributed by atoms with Crippen LogP contribution in [0.15, 0.2) is 24.4 Å². The number of anilines is 3. The predicted molar refractivity (Wildman–Crippen MR) is 167 cm³/mol. The van der Waals surface area contributed by atoms with E-state index in [1.165, 1.54) is 18.5 Å². The predicted octanol–water partition coefficient (Wildman–Crippen LogP) is 4.71. The van der Waals surface area contributed by atoms with Gasteiger partial charge in [0.05, 0.1) is 18.6 Å². The number of nitrogens with zero attached hydrogens (tertiary/aromatic N) is 4. The maximum Gasteiger partial charge on any atom is 0.421 e. The number of carbonyl (C=O) groups is 1. The topological polar surface area (TPSA) is 129 Å². The third-order valence-corrected chi connectivity index (χ3v) is 10.6. The number of methoxy groups -OCH3 is 1. The molecular formula is C30H44F3N7O4S. The van der Waals surface area contributed by atoms with Crippen molar-refractivity contribution < 1.29 is 31.1 Å². The van der Waals surface area contributed by atoms with Gasteiger partial charge in [-0.25, -0.2) is 13.4 Å². The first-order chi connectivity index (χ1) is 21.2. The molecule has 0 bridgehead atoms. The summed E-state index contributed by atoms with van der Waals surface area (Å²) in [5, 5.41) is 8.89. The number of rotatable bonds is 11. The quantitative estimate of drug-likeness (QED) is 0.315. The van der Waals surface area contributed by atoms with Crippen LogP contribution >= 0.6 is 0 Å². The van der Waals surface area contributed by atoms with E-state index < -0.39 is 39.7 Å². The average molecular weight is 656 g/mol. The van der Waals surface area contributed by atoms with Gasteiger partial charge in [0.1, 0.15) is 17.1 Å². The van der Waals surface area contributed by atoms with E-state index in [-0.39, 0.29) is 35.3 Å². The lowest BCUT2D eigenvalue weighted by Gasteiger charge is -2.38. The minimum atomic E-state index is -4.75. The normalized spacial score (nSPS) is 20.3. The van der Waals surface area contributed by atoms with Gasteiger partial charge in [-0.3, -0.25) is 4.79 Å². The molecule has 2 aromatic rings. The van der Waals surface area contributed by atoms with Crippen molar-refractivity contribution in [3.05, 3.63) is 35.5 Å². The van der Waals surface area contributed by atoms with Crippen molar-refractivity contribution in [1.29, 1.82) is 0 Å². The number of carbonyl (C=O) groups excluding carboxylic acids is 1. The minimum Gasteiger partial charge on any atom is -0.495 e. The highest BCUT2D eigenvalue weighted by Crippen LogP contribution is 2.37. The molecule has 15 heteroatoms. The molecule has 250 valence electrons. The van der Waals surface area contributed by atoms with Gasteiger partial charge in [0, 0.05) is 36.9 Å². The van der Waals surface area contributed by atoms with Gasteiger partial charge in [-0.15, -0.1) is 0 Å². The number of hydrogen-bond donors (Lipinski definition) is 3. The van der Waals surface area contributed by atoms with Crippen molar-refractivity contribution in [3.8, 4) is 5.75 Å². The third-order valence-electron chi connectivity index (χ3n) is 8.36. The number of nitrogens with one attached hydrogen (secondary N) is 3. The second-order valence-corrected chi connectivity index (χ2v) is 14.4. The molecule has 1 aliphatic heterocycles. The highest BCUT2D eigenvalue weighted by atomic mass is 32.2. The van der Waals surface area contributed by atoms with Crippen molar-refractivity contribution in [2.24, 2.45) is 5.92 Å². The summed E-state index contributed by atoms with van der Waals surface area (Å²) in [6, 6.07) is 3.67. The molecule has 1 aromatic carbocycles. The summed E-state index contributed by atoms with van der Waals surface area (Å²) in [5.41, 5.74) is -0.320. The number of halogens is 3. The number of hydrogen-bond acceptors (Lipinski definition) is 9. The number of alkyl halides is 3. The molecule has 1 saturated carbocycles. The summed E-state index contributed by atoms with van der Waals surface area (Å²) < 4.78 is 75.0. The molecule has 1 amide bonds. The van der Waals surface area contributed by atoms with E-state index >= 15 is 0 Å². The number of ether oxygens (including phenoxy) is 1. The van der Waals surface area contributed by atoms with Crippen LogP contribution in [0.4, 0.5) is 30.6 Å². The SMILES string of the molecule is COc1cc(C(=O)NC2CCN(C)CC2)ccc1Nc1ncc(C(F)(F)F)c(N[C@@H]2CCCC[C@H]2N(C)S(=O)(=O)CC(C)C)n1. The first-order valence-electron chi connectivity index (χ1n) is 15.3. The lowest BCUT2D eigenvalue weighted by molar-refractivity contribution is -0.137. The molecule has 0 radical (unpaired) electrons. The summed E-state index contributed by atoms with van der Waals surface area (Å²) in [5.74, 6) is -0.676. The van der Waals surface area contributed by atoms with E-state index in [0.717, 1.165) is 38.8 Å². The largest absolute Gasteiger partial charge is 0.495 e. The van der Waals surface area contributed by atoms with Crippen molar-refractivity contribution in [1.82, 2.24) is 24.5 Å². The van der Waals surface area contributed by atoms with Crippen LogP contribution in [0.2, 0.25) is 0 Å². The lowest BCUT2D eigenvalue weighted by Crippen LogP contribution is -2.50. The molecule has 1 aromatic heterocycles. The van der Waals surface area contributed by atoms with Crippen LogP contribution in [0, 0.1) is 5.92 Å². The van der Waals surface area contributed by atoms with Crippen LogP contribution in [0.3, 0.4) is 0 Å². The molecule has 1 saturated heterocycles. The Hall–Kier alpha value is -3.17. The molecular weight excluding hydrogens is 611 g/mol. The summed E-state index contributed by atoms with van der Waals surface area (Å²) in [6.45, 7) is 5.41. The van der Waals surface area contributed by atoms with Gasteiger partial charge >= 0.3 is 6.18 Å². The maximum absolute atomic E-state index is 14.1. The average Bonchev–Trinajstić information content (AvgIpc) is 2.97. The van der Waals surface area contributed by atoms with Gasteiger partial charge < -0.3 is 25.6 Å². The van der Waals surface area contributed by atoms with Gasteiger partial charge in [-0.05, 0) is 69.9 Å². The maximum atomic E-state index is 14.1. The Morgan fingerprint density at radius 2 is 1.84 bits per heavy atom. The van der Waals surface area contributed by atoms with Crippen LogP contribution in [0.1, 0.15) is 68.3 Å². The Morgan fingerprint density at radius 1 is 1.16 bits per heavy atom. The molecule has 11 nitrogen and oxygen atoms in total. The number of likely N-dealkylation sites (tertiary alicyclic amines) is 1. The Kier molecular flexibility index (Phi) is 11.2. The van der Waals surface area contributed by atoms with Crippen LogP contribution in [-0.2, 0) is 16.2 Å². The molecule has 2 fully saturated rings. The van der Waals surface area contributed by atoms with Crippen molar-refractivity contribution in [2.45, 2.75) is 76.7 Å². The van der Waals surface area contributed by atoms with Gasteiger partial charge in [0.2, 0.25) is 16.0 Å². The van der Waals surface area contributed by atoms with E-state index in [1.807, 2.05) is 7.05 Å². The number of benzene rings is 1. The Morgan fingerprint density at radius 3 is 2.49 bits per heavy atom. The van der Waals surface area contributed by atoms with Gasteiger partial charge in [0.25, 0.3) is 5.91 Å². The summed E-state index contributed by atoms with van der Waals surface area (Å²) in [4.78, 5) is 23.2. The van der Waals surface area contributed by atoms with E-state index in [0.29, 0.717) is 30.3 Å². The van der Waals surface area contributed by atoms with Crippen LogP contribution < -0.4 is 20.7 Å². The van der Waals surface area contributed by atoms with E-state index in [1.54, 1.807) is 32.0 Å². The number of piperidine rings is 1. The second-order valence-electron chi connectivity index (χ2n) is 12.3. The molecule has 2 aliphatic rings. The van der Waals surface area contributed by atoms with Crippen molar-refractivity contribution in [2.75, 3.05) is 50.7 Å².